The van der Waals surface area contributed by atoms with Crippen molar-refractivity contribution in [2.75, 3.05) is 0 Å². The highest BCUT2D eigenvalue weighted by Crippen LogP contribution is 2.37. The third kappa shape index (κ3) is 1.29. The maximum atomic E-state index is 14.5. The summed E-state index contributed by atoms with van der Waals surface area (Å²) >= 11 is 0. The highest BCUT2D eigenvalue weighted by molar-refractivity contribution is 6.57. The molecule has 20 heavy (non-hydrogen) atoms. The van der Waals surface area contributed by atoms with Gasteiger partial charge in [0, 0.05) is 36.7 Å². The molecule has 0 aromatic carbocycles. The van der Waals surface area contributed by atoms with E-state index in [0.29, 0.717) is 11.4 Å². The van der Waals surface area contributed by atoms with Gasteiger partial charge in [-0.1, -0.05) is 0 Å². The lowest BCUT2D eigenvalue weighted by Crippen LogP contribution is -2.49. The maximum absolute atomic E-state index is 14.5. The van der Waals surface area contributed by atoms with Crippen LogP contribution in [0.3, 0.4) is 0 Å². The van der Waals surface area contributed by atoms with Gasteiger partial charge in [-0.05, 0) is 18.3 Å². The molecule has 0 fully saturated rings. The number of rotatable bonds is 1. The predicted molar refractivity (Wildman–Crippen MR) is 72.5 cm³/mol. The van der Waals surface area contributed by atoms with Gasteiger partial charge in [-0.25, -0.2) is 0 Å². The second-order valence-corrected chi connectivity index (χ2v) is 4.97. The summed E-state index contributed by atoms with van der Waals surface area (Å²) in [6.07, 6.45) is 9.74. The van der Waals surface area contributed by atoms with Crippen LogP contribution < -0.4 is 0 Å². The van der Waals surface area contributed by atoms with Crippen LogP contribution in [-0.2, 0) is 7.05 Å². The van der Waals surface area contributed by atoms with Crippen LogP contribution in [0.15, 0.2) is 48.6 Å². The number of hydrogen-bond donors (Lipinski definition) is 0. The monoisotopic (exact) mass is 272 g/mol. The Morgan fingerprint density at radius 2 is 2.20 bits per heavy atom. The molecule has 0 atom stereocenters. The zero-order valence-corrected chi connectivity index (χ0v) is 10.7. The van der Waals surface area contributed by atoms with Gasteiger partial charge in [0.15, 0.2) is 5.70 Å². The number of halogens is 2. The third-order valence-corrected chi connectivity index (χ3v) is 3.73. The standard InChI is InChI=1S/C13H11BF2N4/c1-18-9-10(8-17-18)13-11-4-2-6-19(11)14(15,16)20-7-3-5-12(13)20/h2-9H,1H3. The Kier molecular flexibility index (Phi) is 2.03. The molecule has 2 aromatic rings. The summed E-state index contributed by atoms with van der Waals surface area (Å²) in [7, 11) is 1.81. The lowest BCUT2D eigenvalue weighted by Gasteiger charge is -2.30. The van der Waals surface area contributed by atoms with Crippen molar-refractivity contribution in [1.29, 1.82) is 0 Å². The first-order valence-electron chi connectivity index (χ1n) is 6.32. The number of allylic oxidation sites excluding steroid dienone is 2. The van der Waals surface area contributed by atoms with Crippen molar-refractivity contribution in [1.82, 2.24) is 14.3 Å². The molecule has 0 saturated heterocycles. The van der Waals surface area contributed by atoms with Crippen LogP contribution in [0.5, 0.6) is 0 Å². The first-order chi connectivity index (χ1) is 9.59. The molecule has 4 nitrogen and oxygen atoms in total. The molecule has 2 aliphatic rings. The number of aryl methyl sites for hydroxylation is 1. The Labute approximate surface area is 114 Å². The molecule has 0 N–H and O–H groups in total. The largest absolute Gasteiger partial charge is 0.737 e. The normalized spacial score (nSPS) is 19.1. The summed E-state index contributed by atoms with van der Waals surface area (Å²) in [6, 6.07) is 3.36. The average Bonchev–Trinajstić information content (AvgIpc) is 3.09. The van der Waals surface area contributed by atoms with Crippen molar-refractivity contribution in [3.8, 4) is 0 Å². The topological polar surface area (TPSA) is 25.8 Å². The van der Waals surface area contributed by atoms with Crippen LogP contribution in [-0.4, -0.2) is 31.9 Å². The number of hydrogen-bond acceptors (Lipinski definition) is 1. The number of nitrogens with zero attached hydrogens (tertiary/aromatic N) is 4. The van der Waals surface area contributed by atoms with Crippen molar-refractivity contribution < 1.29 is 13.1 Å². The van der Waals surface area contributed by atoms with Crippen molar-refractivity contribution in [2.24, 2.45) is 7.05 Å². The summed E-state index contributed by atoms with van der Waals surface area (Å²) in [6.45, 7) is -3.82. The van der Waals surface area contributed by atoms with Gasteiger partial charge < -0.3 is 17.6 Å². The molecule has 100 valence electrons. The number of fused-ring (bicyclic) bond motifs is 2. The molecular weight excluding hydrogens is 261 g/mol. The lowest BCUT2D eigenvalue weighted by molar-refractivity contribution is -0.356. The molecular formula is C13H11BF2N4. The van der Waals surface area contributed by atoms with E-state index in [0.717, 1.165) is 20.1 Å². The zero-order chi connectivity index (χ0) is 13.9. The Morgan fingerprint density at radius 1 is 1.35 bits per heavy atom. The molecule has 4 heterocycles. The van der Waals surface area contributed by atoms with E-state index < -0.39 is 6.97 Å². The summed E-state index contributed by atoms with van der Waals surface area (Å²) in [5, 5.41) is 4.14. The molecule has 7 heteroatoms. The first-order valence-corrected chi connectivity index (χ1v) is 6.32. The molecule has 4 rings (SSSR count). The maximum Gasteiger partial charge on any atom is 0.737 e. The van der Waals surface area contributed by atoms with Crippen LogP contribution >= 0.6 is 0 Å². The van der Waals surface area contributed by atoms with Gasteiger partial charge in [-0.15, -0.1) is 0 Å². The van der Waals surface area contributed by atoms with E-state index in [1.54, 1.807) is 35.2 Å². The molecule has 0 unspecified atom stereocenters. The van der Waals surface area contributed by atoms with Gasteiger partial charge in [-0.2, -0.15) is 5.10 Å². The van der Waals surface area contributed by atoms with Crippen LogP contribution in [0.2, 0.25) is 0 Å². The number of aromatic nitrogens is 3. The van der Waals surface area contributed by atoms with Gasteiger partial charge >= 0.3 is 6.97 Å². The average molecular weight is 272 g/mol. The van der Waals surface area contributed by atoms with E-state index in [1.165, 1.54) is 12.4 Å². The van der Waals surface area contributed by atoms with Crippen LogP contribution in [0, 0.1) is 0 Å². The Balaban J connectivity index is 2.07. The van der Waals surface area contributed by atoms with E-state index in [1.807, 2.05) is 13.2 Å². The van der Waals surface area contributed by atoms with Crippen LogP contribution in [0.25, 0.3) is 5.57 Å². The molecule has 0 spiro atoms. The van der Waals surface area contributed by atoms with Crippen molar-refractivity contribution in [3.05, 3.63) is 59.8 Å². The fraction of sp³-hybridized carbons (Fsp3) is 0.0769. The SMILES string of the molecule is Cn1cc(C2=C3C=CC=[N+]3[B-](F)(F)n3cccc32)cn1. The smallest absolute Gasteiger partial charge is 0.396 e. The molecule has 0 bridgehead atoms. The van der Waals surface area contributed by atoms with E-state index in [9.17, 15) is 8.63 Å². The molecule has 0 saturated carbocycles. The van der Waals surface area contributed by atoms with E-state index in [2.05, 4.69) is 5.10 Å². The summed E-state index contributed by atoms with van der Waals surface area (Å²) < 4.78 is 32.8. The van der Waals surface area contributed by atoms with Gasteiger partial charge in [0.25, 0.3) is 0 Å². The molecule has 2 aliphatic heterocycles. The minimum absolute atomic E-state index is 0.522. The van der Waals surface area contributed by atoms with Crippen LogP contribution in [0.4, 0.5) is 8.63 Å². The van der Waals surface area contributed by atoms with Gasteiger partial charge in [0.05, 0.1) is 11.8 Å². The highest BCUT2D eigenvalue weighted by Gasteiger charge is 2.51. The molecule has 0 amide bonds. The van der Waals surface area contributed by atoms with E-state index in [-0.39, 0.29) is 0 Å². The van der Waals surface area contributed by atoms with Gasteiger partial charge in [0.2, 0.25) is 0 Å². The predicted octanol–water partition coefficient (Wildman–Crippen LogP) is 1.87. The fourth-order valence-corrected chi connectivity index (χ4v) is 2.86. The van der Waals surface area contributed by atoms with E-state index in [4.69, 9.17) is 0 Å². The Hall–Kier alpha value is -2.44. The van der Waals surface area contributed by atoms with E-state index >= 15 is 0 Å². The Morgan fingerprint density at radius 3 is 2.95 bits per heavy atom. The van der Waals surface area contributed by atoms with Crippen LogP contribution in [0.1, 0.15) is 11.3 Å². The quantitative estimate of drug-likeness (QED) is 0.728. The highest BCUT2D eigenvalue weighted by atomic mass is 19.2. The third-order valence-electron chi connectivity index (χ3n) is 3.73. The van der Waals surface area contributed by atoms with Gasteiger partial charge in [0.1, 0.15) is 6.21 Å². The minimum Gasteiger partial charge on any atom is -0.396 e. The second kappa shape index (κ2) is 3.56. The van der Waals surface area contributed by atoms with Gasteiger partial charge in [-0.3, -0.25) is 4.68 Å². The molecule has 2 aromatic heterocycles. The van der Waals surface area contributed by atoms with Crippen molar-refractivity contribution in [2.45, 2.75) is 0 Å². The second-order valence-electron chi connectivity index (χ2n) is 4.97. The fourth-order valence-electron chi connectivity index (χ4n) is 2.86. The van der Waals surface area contributed by atoms with Crippen molar-refractivity contribution >= 4 is 18.8 Å². The zero-order valence-electron chi connectivity index (χ0n) is 10.7. The Bertz CT molecular complexity index is 810. The summed E-state index contributed by atoms with van der Waals surface area (Å²) in [5.41, 5.74) is 2.66. The van der Waals surface area contributed by atoms with Crippen molar-refractivity contribution in [3.63, 3.8) is 0 Å². The lowest BCUT2D eigenvalue weighted by atomic mass is 9.87. The first kappa shape index (κ1) is 11.4. The molecule has 0 aliphatic carbocycles. The minimum atomic E-state index is -3.82. The molecule has 0 radical (unpaired) electrons. The summed E-state index contributed by atoms with van der Waals surface area (Å²) in [4.78, 5) is 0. The summed E-state index contributed by atoms with van der Waals surface area (Å²) in [5.74, 6) is 0.